The van der Waals surface area contributed by atoms with Crippen LogP contribution in [0.3, 0.4) is 0 Å². The summed E-state index contributed by atoms with van der Waals surface area (Å²) in [5.41, 5.74) is 4.33. The summed E-state index contributed by atoms with van der Waals surface area (Å²) in [6, 6.07) is -2.93. The number of amides is 5. The van der Waals surface area contributed by atoms with E-state index < -0.39 is 47.3 Å². The molecule has 1 aliphatic heterocycles. The second kappa shape index (κ2) is 9.27. The minimum absolute atomic E-state index is 0.0551. The Bertz CT molecular complexity index is 994. The van der Waals surface area contributed by atoms with E-state index in [4.69, 9.17) is 5.73 Å². The third kappa shape index (κ3) is 5.48. The number of nitrogens with zero attached hydrogens (tertiary/aromatic N) is 1. The lowest BCUT2D eigenvalue weighted by Gasteiger charge is -2.36. The molecular weight excluding hydrogens is 474 g/mol. The molecular formula is C27H43N5O5. The van der Waals surface area contributed by atoms with Crippen LogP contribution in [0.15, 0.2) is 0 Å². The zero-order valence-electron chi connectivity index (χ0n) is 23.0. The number of likely N-dealkylation sites (tertiary alicyclic amines) is 1. The molecule has 206 valence electrons. The average Bonchev–Trinajstić information content (AvgIpc) is 3.52. The molecule has 1 saturated heterocycles. The Labute approximate surface area is 219 Å². The van der Waals surface area contributed by atoms with Gasteiger partial charge in [-0.15, -0.1) is 0 Å². The number of primary amides is 1. The van der Waals surface area contributed by atoms with Crippen LogP contribution in [0.2, 0.25) is 0 Å². The number of nitrogens with two attached hydrogens (primary N) is 1. The minimum Gasteiger partial charge on any atom is -0.363 e. The predicted molar refractivity (Wildman–Crippen MR) is 137 cm³/mol. The van der Waals surface area contributed by atoms with E-state index in [1.807, 2.05) is 27.7 Å². The number of urea groups is 1. The van der Waals surface area contributed by atoms with Crippen molar-refractivity contribution in [3.8, 4) is 0 Å². The zero-order chi connectivity index (χ0) is 27.5. The molecule has 3 saturated carbocycles. The van der Waals surface area contributed by atoms with E-state index in [2.05, 4.69) is 29.8 Å². The molecule has 0 spiro atoms. The molecule has 1 unspecified atom stereocenters. The Morgan fingerprint density at radius 1 is 1.03 bits per heavy atom. The van der Waals surface area contributed by atoms with Crippen LogP contribution in [-0.2, 0) is 19.2 Å². The Kier molecular flexibility index (Phi) is 6.86. The summed E-state index contributed by atoms with van der Waals surface area (Å²) in [5, 5.41) is 8.55. The smallest absolute Gasteiger partial charge is 0.315 e. The number of ketones is 1. The lowest BCUT2D eigenvalue weighted by molar-refractivity contribution is -0.144. The molecule has 4 fully saturated rings. The molecule has 0 radical (unpaired) electrons. The van der Waals surface area contributed by atoms with Gasteiger partial charge in [0.15, 0.2) is 0 Å². The van der Waals surface area contributed by atoms with Crippen molar-refractivity contribution in [2.45, 2.75) is 104 Å². The van der Waals surface area contributed by atoms with Gasteiger partial charge in [-0.1, -0.05) is 40.0 Å². The van der Waals surface area contributed by atoms with Crippen LogP contribution < -0.4 is 21.7 Å². The largest absolute Gasteiger partial charge is 0.363 e. The third-order valence-corrected chi connectivity index (χ3v) is 9.18. The summed E-state index contributed by atoms with van der Waals surface area (Å²) >= 11 is 0. The van der Waals surface area contributed by atoms with Gasteiger partial charge in [0.1, 0.15) is 12.1 Å². The maximum absolute atomic E-state index is 13.9. The number of carbonyl (C=O) groups excluding carboxylic acids is 5. The van der Waals surface area contributed by atoms with E-state index in [1.165, 1.54) is 0 Å². The highest BCUT2D eigenvalue weighted by atomic mass is 16.2. The summed E-state index contributed by atoms with van der Waals surface area (Å²) in [7, 11) is 0. The second-order valence-corrected chi connectivity index (χ2v) is 13.6. The predicted octanol–water partition coefficient (Wildman–Crippen LogP) is 1.47. The van der Waals surface area contributed by atoms with Crippen molar-refractivity contribution in [3.05, 3.63) is 0 Å². The summed E-state index contributed by atoms with van der Waals surface area (Å²) in [6.07, 6.45) is 4.95. The van der Waals surface area contributed by atoms with Crippen molar-refractivity contribution in [1.82, 2.24) is 20.9 Å². The minimum atomic E-state index is -1.07. The number of hydrogen-bond donors (Lipinski definition) is 4. The number of fused-ring (bicyclic) bond motifs is 1. The van der Waals surface area contributed by atoms with Gasteiger partial charge in [-0.3, -0.25) is 19.2 Å². The van der Waals surface area contributed by atoms with Gasteiger partial charge < -0.3 is 26.6 Å². The highest BCUT2D eigenvalue weighted by Gasteiger charge is 2.70. The fraction of sp³-hybridized carbons (Fsp3) is 0.815. The van der Waals surface area contributed by atoms with Crippen LogP contribution in [0, 0.1) is 28.6 Å². The van der Waals surface area contributed by atoms with Crippen molar-refractivity contribution in [1.29, 1.82) is 0 Å². The van der Waals surface area contributed by atoms with Crippen LogP contribution >= 0.6 is 0 Å². The highest BCUT2D eigenvalue weighted by Crippen LogP contribution is 2.65. The average molecular weight is 518 g/mol. The first-order valence-corrected chi connectivity index (χ1v) is 13.6. The van der Waals surface area contributed by atoms with Crippen molar-refractivity contribution in [3.63, 3.8) is 0 Å². The number of rotatable bonds is 9. The molecule has 10 nitrogen and oxygen atoms in total. The first-order chi connectivity index (χ1) is 17.0. The third-order valence-electron chi connectivity index (χ3n) is 9.18. The number of hydrogen-bond acceptors (Lipinski definition) is 5. The van der Waals surface area contributed by atoms with Crippen LogP contribution in [-0.4, -0.2) is 64.6 Å². The zero-order valence-corrected chi connectivity index (χ0v) is 23.0. The Morgan fingerprint density at radius 2 is 1.65 bits per heavy atom. The van der Waals surface area contributed by atoms with Crippen LogP contribution in [0.4, 0.5) is 4.79 Å². The second-order valence-electron chi connectivity index (χ2n) is 13.6. The molecule has 1 heterocycles. The fourth-order valence-corrected chi connectivity index (χ4v) is 6.23. The molecule has 37 heavy (non-hydrogen) atoms. The van der Waals surface area contributed by atoms with Crippen molar-refractivity contribution < 1.29 is 24.0 Å². The van der Waals surface area contributed by atoms with E-state index >= 15 is 0 Å². The number of piperidine rings is 1. The fourth-order valence-electron chi connectivity index (χ4n) is 6.23. The molecule has 10 heteroatoms. The van der Waals surface area contributed by atoms with Gasteiger partial charge in [0.05, 0.1) is 6.04 Å². The molecule has 0 aromatic heterocycles. The maximum atomic E-state index is 13.9. The first-order valence-electron chi connectivity index (χ1n) is 13.6. The number of Topliss-reactive ketones (excluding diaryl/α,β-unsaturated/α-hetero) is 1. The van der Waals surface area contributed by atoms with Gasteiger partial charge >= 0.3 is 6.03 Å². The summed E-state index contributed by atoms with van der Waals surface area (Å²) in [5.74, 6) is -2.20. The Hall–Kier alpha value is -2.65. The van der Waals surface area contributed by atoms with E-state index in [0.717, 1.165) is 32.1 Å². The lowest BCUT2D eigenvalue weighted by atomic mass is 9.80. The molecule has 4 rings (SSSR count). The molecule has 5 amide bonds. The quantitative estimate of drug-likeness (QED) is 0.342. The Morgan fingerprint density at radius 3 is 2.14 bits per heavy atom. The van der Waals surface area contributed by atoms with E-state index in [9.17, 15) is 24.0 Å². The summed E-state index contributed by atoms with van der Waals surface area (Å²) in [4.78, 5) is 66.2. The van der Waals surface area contributed by atoms with Crippen molar-refractivity contribution in [2.24, 2.45) is 34.3 Å². The Balaban J connectivity index is 1.54. The lowest BCUT2D eigenvalue weighted by Crippen LogP contribution is -2.61. The topological polar surface area (TPSA) is 151 Å². The van der Waals surface area contributed by atoms with Gasteiger partial charge in [-0.25, -0.2) is 4.79 Å². The van der Waals surface area contributed by atoms with Gasteiger partial charge in [-0.2, -0.15) is 0 Å². The van der Waals surface area contributed by atoms with Crippen LogP contribution in [0.5, 0.6) is 0 Å². The number of carbonyl (C=O) groups is 5. The van der Waals surface area contributed by atoms with Gasteiger partial charge in [-0.05, 0) is 68.6 Å². The van der Waals surface area contributed by atoms with Crippen molar-refractivity contribution >= 4 is 29.5 Å². The molecule has 0 aromatic rings. The molecule has 0 bridgehead atoms. The monoisotopic (exact) mass is 517 g/mol. The molecule has 4 aliphatic rings. The maximum Gasteiger partial charge on any atom is 0.315 e. The first kappa shape index (κ1) is 27.4. The van der Waals surface area contributed by atoms with E-state index in [-0.39, 0.29) is 34.5 Å². The van der Waals surface area contributed by atoms with Crippen molar-refractivity contribution in [2.75, 3.05) is 6.54 Å². The van der Waals surface area contributed by atoms with E-state index in [1.54, 1.807) is 4.90 Å². The van der Waals surface area contributed by atoms with Crippen LogP contribution in [0.25, 0.3) is 0 Å². The van der Waals surface area contributed by atoms with Gasteiger partial charge in [0, 0.05) is 12.1 Å². The summed E-state index contributed by atoms with van der Waals surface area (Å²) < 4.78 is 0. The molecule has 3 aliphatic carbocycles. The van der Waals surface area contributed by atoms with Gasteiger partial charge in [0.25, 0.3) is 5.91 Å². The molecule has 5 N–H and O–H groups in total. The molecule has 0 aromatic carbocycles. The SMILES string of the molecule is CC(C)(C)NC(=O)N[C@H](C(=O)N1C[C@H]2[C@@H]([C@H]1C(=O)NC(CC1CCC1)C(=O)C(N)=O)C2(C)C)C1(C)CC1. The van der Waals surface area contributed by atoms with Crippen LogP contribution in [0.1, 0.15) is 80.1 Å². The highest BCUT2D eigenvalue weighted by molar-refractivity contribution is 6.37. The number of nitrogens with one attached hydrogen (secondary N) is 3. The standard InChI is InChI=1S/C27H43N5O5/c1-25(2,3)31-24(37)30-20(27(6)10-11-27)23(36)32-13-15-17(26(15,4)5)18(32)22(35)29-16(19(33)21(28)34)12-14-8-7-9-14/h14-18,20H,7-13H2,1-6H3,(H2,28,34)(H,29,35)(H2,30,31,37)/t15-,16?,17-,18-,20+/m0/s1. The normalized spacial score (nSPS) is 28.7. The molecule has 5 atom stereocenters. The van der Waals surface area contributed by atoms with Gasteiger partial charge in [0.2, 0.25) is 17.6 Å². The van der Waals surface area contributed by atoms with E-state index in [0.29, 0.717) is 13.0 Å². The summed E-state index contributed by atoms with van der Waals surface area (Å²) in [6.45, 7) is 12.2.